The number of anilines is 2. The van der Waals surface area contributed by atoms with Gasteiger partial charge in [0.25, 0.3) is 17.7 Å². The Kier molecular flexibility index (Phi) is 7.29. The van der Waals surface area contributed by atoms with Crippen molar-refractivity contribution in [3.63, 3.8) is 0 Å². The maximum absolute atomic E-state index is 13.0. The number of nitrogens with zero attached hydrogens (tertiary/aromatic N) is 1. The molecule has 0 aliphatic rings. The molecule has 3 aromatic rings. The Morgan fingerprint density at radius 2 is 1.35 bits per heavy atom. The number of hydroxylamine groups is 1. The summed E-state index contributed by atoms with van der Waals surface area (Å²) in [4.78, 5) is 38.0. The predicted molar refractivity (Wildman–Crippen MR) is 118 cm³/mol. The maximum Gasteiger partial charge on any atom is 0.267 e. The summed E-state index contributed by atoms with van der Waals surface area (Å²) >= 11 is 0. The van der Waals surface area contributed by atoms with Gasteiger partial charge in [-0.1, -0.05) is 48.5 Å². The molecule has 31 heavy (non-hydrogen) atoms. The third kappa shape index (κ3) is 5.88. The highest BCUT2D eigenvalue weighted by molar-refractivity contribution is 6.04. The van der Waals surface area contributed by atoms with Gasteiger partial charge in [0, 0.05) is 23.0 Å². The third-order valence-electron chi connectivity index (χ3n) is 4.39. The Balaban J connectivity index is 1.67. The second kappa shape index (κ2) is 10.5. The Hall–Kier alpha value is -4.23. The van der Waals surface area contributed by atoms with Gasteiger partial charge in [0.1, 0.15) is 0 Å². The minimum absolute atomic E-state index is 0.180. The normalized spacial score (nSPS) is 10.5. The summed E-state index contributed by atoms with van der Waals surface area (Å²) in [5, 5.41) is 11.1. The Morgan fingerprint density at radius 1 is 0.806 bits per heavy atom. The van der Waals surface area contributed by atoms with Crippen molar-refractivity contribution >= 4 is 35.2 Å². The Morgan fingerprint density at radius 3 is 1.87 bits per heavy atom. The first-order valence-electron chi connectivity index (χ1n) is 9.52. The molecule has 0 radical (unpaired) electrons. The van der Waals surface area contributed by atoms with Gasteiger partial charge in [0.15, 0.2) is 0 Å². The lowest BCUT2D eigenvalue weighted by atomic mass is 10.1. The van der Waals surface area contributed by atoms with Gasteiger partial charge in [-0.2, -0.15) is 0 Å². The minimum Gasteiger partial charge on any atom is -0.343 e. The first-order chi connectivity index (χ1) is 15.1. The first-order valence-corrected chi connectivity index (χ1v) is 9.52. The fourth-order valence-electron chi connectivity index (χ4n) is 2.88. The van der Waals surface area contributed by atoms with Crippen LogP contribution in [0.1, 0.15) is 15.9 Å². The highest BCUT2D eigenvalue weighted by atomic mass is 16.5. The molecule has 3 amide bonds. The van der Waals surface area contributed by atoms with Gasteiger partial charge >= 0.3 is 0 Å². The van der Waals surface area contributed by atoms with Gasteiger partial charge in [0.2, 0.25) is 0 Å². The molecule has 0 bridgehead atoms. The van der Waals surface area contributed by atoms with Gasteiger partial charge in [-0.05, 0) is 48.0 Å². The number of para-hydroxylation sites is 2. The molecule has 0 atom stereocenters. The third-order valence-corrected chi connectivity index (χ3v) is 4.39. The number of carbonyl (C=O) groups excluding carboxylic acids is 3. The largest absolute Gasteiger partial charge is 0.343 e. The van der Waals surface area contributed by atoms with E-state index in [0.29, 0.717) is 22.5 Å². The topological polar surface area (TPSA) is 98.7 Å². The molecule has 0 aliphatic heterocycles. The average Bonchev–Trinajstić information content (AvgIpc) is 2.83. The van der Waals surface area contributed by atoms with E-state index in [1.54, 1.807) is 29.2 Å². The molecule has 156 valence electrons. The van der Waals surface area contributed by atoms with E-state index >= 15 is 0 Å². The standard InChI is InChI=1S/C24H21N3O4/c28-22(26-31)16-13-18-11-14-19(15-12-18)24(30)25-17-23(29)27(20-7-3-1-4-8-20)21-9-5-2-6-10-21/h1-16,31H,17H2,(H,25,30)(H,26,28). The molecule has 0 saturated carbocycles. The maximum atomic E-state index is 13.0. The van der Waals surface area contributed by atoms with Crippen LogP contribution in [0.25, 0.3) is 6.08 Å². The zero-order valence-electron chi connectivity index (χ0n) is 16.6. The summed E-state index contributed by atoms with van der Waals surface area (Å²) in [6, 6.07) is 24.9. The molecule has 0 unspecified atom stereocenters. The van der Waals surface area contributed by atoms with Crippen molar-refractivity contribution in [1.82, 2.24) is 10.8 Å². The fraction of sp³-hybridized carbons (Fsp3) is 0.0417. The fourth-order valence-corrected chi connectivity index (χ4v) is 2.88. The summed E-state index contributed by atoms with van der Waals surface area (Å²) in [7, 11) is 0. The quantitative estimate of drug-likeness (QED) is 0.313. The Bertz CT molecular complexity index is 1030. The number of amides is 3. The van der Waals surface area contributed by atoms with Gasteiger partial charge in [-0.15, -0.1) is 0 Å². The predicted octanol–water partition coefficient (Wildman–Crippen LogP) is 3.30. The zero-order chi connectivity index (χ0) is 22.1. The van der Waals surface area contributed by atoms with Crippen LogP contribution in [-0.4, -0.2) is 29.5 Å². The molecular weight excluding hydrogens is 394 g/mol. The number of hydrogen-bond acceptors (Lipinski definition) is 4. The van der Waals surface area contributed by atoms with Crippen LogP contribution < -0.4 is 15.7 Å². The molecule has 0 fully saturated rings. The van der Waals surface area contributed by atoms with Crippen LogP contribution in [-0.2, 0) is 9.59 Å². The monoisotopic (exact) mass is 415 g/mol. The van der Waals surface area contributed by atoms with Crippen LogP contribution in [0.4, 0.5) is 11.4 Å². The van der Waals surface area contributed by atoms with Crippen molar-refractivity contribution < 1.29 is 19.6 Å². The smallest absolute Gasteiger partial charge is 0.267 e. The van der Waals surface area contributed by atoms with Crippen LogP contribution in [0.15, 0.2) is 91.0 Å². The van der Waals surface area contributed by atoms with Gasteiger partial charge in [-0.25, -0.2) is 5.48 Å². The molecular formula is C24H21N3O4. The second-order valence-corrected chi connectivity index (χ2v) is 6.51. The average molecular weight is 415 g/mol. The van der Waals surface area contributed by atoms with Crippen molar-refractivity contribution in [1.29, 1.82) is 0 Å². The summed E-state index contributed by atoms with van der Waals surface area (Å²) in [5.74, 6) is -1.32. The molecule has 0 aliphatic carbocycles. The van der Waals surface area contributed by atoms with Gasteiger partial charge in [0.05, 0.1) is 6.54 Å². The van der Waals surface area contributed by atoms with E-state index in [-0.39, 0.29) is 12.5 Å². The van der Waals surface area contributed by atoms with Crippen LogP contribution in [0, 0.1) is 0 Å². The first kappa shape index (κ1) is 21.5. The molecule has 7 nitrogen and oxygen atoms in total. The molecule has 3 rings (SSSR count). The van der Waals surface area contributed by atoms with Crippen LogP contribution in [0.5, 0.6) is 0 Å². The summed E-state index contributed by atoms with van der Waals surface area (Å²) < 4.78 is 0. The Labute approximate surface area is 179 Å². The van der Waals surface area contributed by atoms with Crippen LogP contribution in [0.3, 0.4) is 0 Å². The SMILES string of the molecule is O=C(C=Cc1ccc(C(=O)NCC(=O)N(c2ccccc2)c2ccccc2)cc1)NO. The summed E-state index contributed by atoms with van der Waals surface area (Å²) in [6.07, 6.45) is 2.66. The molecule has 3 aromatic carbocycles. The van der Waals surface area contributed by atoms with Crippen molar-refractivity contribution in [2.45, 2.75) is 0 Å². The molecule has 0 aromatic heterocycles. The molecule has 3 N–H and O–H groups in total. The van der Waals surface area contributed by atoms with Crippen molar-refractivity contribution in [2.24, 2.45) is 0 Å². The van der Waals surface area contributed by atoms with Crippen molar-refractivity contribution in [3.05, 3.63) is 102 Å². The van der Waals surface area contributed by atoms with Gasteiger partial charge < -0.3 is 5.32 Å². The lowest BCUT2D eigenvalue weighted by Gasteiger charge is -2.23. The van der Waals surface area contributed by atoms with E-state index in [1.807, 2.05) is 60.7 Å². The zero-order valence-corrected chi connectivity index (χ0v) is 16.6. The number of hydrogen-bond donors (Lipinski definition) is 3. The lowest BCUT2D eigenvalue weighted by molar-refractivity contribution is -0.124. The molecule has 0 saturated heterocycles. The second-order valence-electron chi connectivity index (χ2n) is 6.51. The van der Waals surface area contributed by atoms with E-state index in [4.69, 9.17) is 5.21 Å². The van der Waals surface area contributed by atoms with E-state index in [0.717, 1.165) is 6.08 Å². The number of rotatable bonds is 7. The van der Waals surface area contributed by atoms with E-state index in [1.165, 1.54) is 11.6 Å². The van der Waals surface area contributed by atoms with E-state index < -0.39 is 11.8 Å². The summed E-state index contributed by atoms with van der Waals surface area (Å²) in [6.45, 7) is -0.180. The number of nitrogens with one attached hydrogen (secondary N) is 2. The number of carbonyl (C=O) groups is 3. The highest BCUT2D eigenvalue weighted by Gasteiger charge is 2.18. The van der Waals surface area contributed by atoms with Crippen LogP contribution >= 0.6 is 0 Å². The van der Waals surface area contributed by atoms with E-state index in [9.17, 15) is 14.4 Å². The summed E-state index contributed by atoms with van der Waals surface area (Å²) in [5.41, 5.74) is 3.96. The van der Waals surface area contributed by atoms with E-state index in [2.05, 4.69) is 5.32 Å². The van der Waals surface area contributed by atoms with Crippen molar-refractivity contribution in [3.8, 4) is 0 Å². The molecule has 0 spiro atoms. The van der Waals surface area contributed by atoms with Gasteiger partial charge in [-0.3, -0.25) is 24.5 Å². The van der Waals surface area contributed by atoms with Crippen molar-refractivity contribution in [2.75, 3.05) is 11.4 Å². The lowest BCUT2D eigenvalue weighted by Crippen LogP contribution is -2.37. The molecule has 0 heterocycles. The minimum atomic E-state index is -0.651. The van der Waals surface area contributed by atoms with Crippen LogP contribution in [0.2, 0.25) is 0 Å². The highest BCUT2D eigenvalue weighted by Crippen LogP contribution is 2.24. The number of benzene rings is 3. The molecule has 7 heteroatoms.